The lowest BCUT2D eigenvalue weighted by Gasteiger charge is -2.16. The first-order valence-electron chi connectivity index (χ1n) is 5.47. The number of nitrogens with zero attached hydrogens (tertiary/aromatic N) is 1. The Bertz CT molecular complexity index is 475. The molecule has 1 aromatic rings. The predicted molar refractivity (Wildman–Crippen MR) is 63.2 cm³/mol. The maximum absolute atomic E-state index is 11.6. The smallest absolute Gasteiger partial charge is 0.308 e. The number of carbonyl (C=O) groups excluding carboxylic acids is 1. The van der Waals surface area contributed by atoms with Crippen molar-refractivity contribution in [2.24, 2.45) is 11.8 Å². The zero-order valence-electron chi connectivity index (χ0n) is 10.1. The number of H-pyrrole nitrogens is 1. The Labute approximate surface area is 103 Å². The Morgan fingerprint density at radius 1 is 1.50 bits per heavy atom. The second-order valence-corrected chi connectivity index (χ2v) is 4.20. The SMILES string of the molecule is CC(C)C(CNC(=O)c1c[nH]c(=O)cn1)C(=O)O. The van der Waals surface area contributed by atoms with E-state index in [1.54, 1.807) is 13.8 Å². The predicted octanol–water partition coefficient (Wildman–Crippen LogP) is -0.144. The van der Waals surface area contributed by atoms with Crippen molar-refractivity contribution < 1.29 is 14.7 Å². The summed E-state index contributed by atoms with van der Waals surface area (Å²) in [6.45, 7) is 3.55. The second kappa shape index (κ2) is 5.95. The highest BCUT2D eigenvalue weighted by Crippen LogP contribution is 2.09. The summed E-state index contributed by atoms with van der Waals surface area (Å²) >= 11 is 0. The fraction of sp³-hybridized carbons (Fsp3) is 0.455. The van der Waals surface area contributed by atoms with Crippen molar-refractivity contribution >= 4 is 11.9 Å². The van der Waals surface area contributed by atoms with E-state index in [9.17, 15) is 14.4 Å². The summed E-state index contributed by atoms with van der Waals surface area (Å²) in [4.78, 5) is 39.3. The van der Waals surface area contributed by atoms with Gasteiger partial charge in [0, 0.05) is 12.7 Å². The van der Waals surface area contributed by atoms with Gasteiger partial charge >= 0.3 is 5.97 Å². The largest absolute Gasteiger partial charge is 0.481 e. The lowest BCUT2D eigenvalue weighted by molar-refractivity contribution is -0.142. The van der Waals surface area contributed by atoms with Gasteiger partial charge in [0.1, 0.15) is 5.69 Å². The normalized spacial score (nSPS) is 12.2. The molecule has 1 unspecified atom stereocenters. The molecule has 0 aliphatic rings. The van der Waals surface area contributed by atoms with Gasteiger partial charge in [0.15, 0.2) is 0 Å². The highest BCUT2D eigenvalue weighted by atomic mass is 16.4. The second-order valence-electron chi connectivity index (χ2n) is 4.20. The van der Waals surface area contributed by atoms with Crippen LogP contribution >= 0.6 is 0 Å². The van der Waals surface area contributed by atoms with E-state index >= 15 is 0 Å². The molecular formula is C11H15N3O4. The number of carboxylic acid groups (broad SMARTS) is 1. The molecular weight excluding hydrogens is 238 g/mol. The number of nitrogens with one attached hydrogen (secondary N) is 2. The molecule has 3 N–H and O–H groups in total. The summed E-state index contributed by atoms with van der Waals surface area (Å²) in [6, 6.07) is 0. The maximum atomic E-state index is 11.6. The number of aliphatic carboxylic acids is 1. The molecule has 7 nitrogen and oxygen atoms in total. The first kappa shape index (κ1) is 13.9. The quantitative estimate of drug-likeness (QED) is 0.676. The van der Waals surface area contributed by atoms with E-state index < -0.39 is 23.4 Å². The van der Waals surface area contributed by atoms with Gasteiger partial charge in [-0.25, -0.2) is 4.98 Å². The Hall–Kier alpha value is -2.18. The van der Waals surface area contributed by atoms with Crippen LogP contribution in [-0.2, 0) is 4.79 Å². The Morgan fingerprint density at radius 3 is 2.61 bits per heavy atom. The third-order valence-corrected chi connectivity index (χ3v) is 2.51. The average molecular weight is 253 g/mol. The Morgan fingerprint density at radius 2 is 2.17 bits per heavy atom. The molecule has 1 amide bonds. The van der Waals surface area contributed by atoms with Gasteiger partial charge in [-0.2, -0.15) is 0 Å². The van der Waals surface area contributed by atoms with Crippen LogP contribution in [0, 0.1) is 11.8 Å². The van der Waals surface area contributed by atoms with E-state index in [4.69, 9.17) is 5.11 Å². The highest BCUT2D eigenvalue weighted by molar-refractivity contribution is 5.92. The molecule has 0 radical (unpaired) electrons. The van der Waals surface area contributed by atoms with Gasteiger partial charge in [-0.15, -0.1) is 0 Å². The van der Waals surface area contributed by atoms with Gasteiger partial charge in [0.2, 0.25) is 0 Å². The fourth-order valence-corrected chi connectivity index (χ4v) is 1.37. The number of carbonyl (C=O) groups is 2. The minimum atomic E-state index is -0.959. The number of aromatic nitrogens is 2. The highest BCUT2D eigenvalue weighted by Gasteiger charge is 2.22. The van der Waals surface area contributed by atoms with Gasteiger partial charge < -0.3 is 15.4 Å². The fourth-order valence-electron chi connectivity index (χ4n) is 1.37. The number of amides is 1. The van der Waals surface area contributed by atoms with Crippen LogP contribution in [0.1, 0.15) is 24.3 Å². The molecule has 0 fully saturated rings. The van der Waals surface area contributed by atoms with Gasteiger partial charge in [-0.3, -0.25) is 14.4 Å². The zero-order chi connectivity index (χ0) is 13.7. The summed E-state index contributed by atoms with van der Waals surface area (Å²) in [5, 5.41) is 11.4. The number of hydrogen-bond donors (Lipinski definition) is 3. The van der Waals surface area contributed by atoms with E-state index in [0.29, 0.717) is 0 Å². The van der Waals surface area contributed by atoms with Crippen LogP contribution < -0.4 is 10.9 Å². The number of carboxylic acids is 1. The molecule has 0 aromatic carbocycles. The van der Waals surface area contributed by atoms with Crippen molar-refractivity contribution in [2.75, 3.05) is 6.54 Å². The maximum Gasteiger partial charge on any atom is 0.308 e. The van der Waals surface area contributed by atoms with Crippen LogP contribution in [0.2, 0.25) is 0 Å². The average Bonchev–Trinajstić information content (AvgIpc) is 2.28. The van der Waals surface area contributed by atoms with Crippen LogP contribution in [0.5, 0.6) is 0 Å². The first-order valence-corrected chi connectivity index (χ1v) is 5.47. The van der Waals surface area contributed by atoms with E-state index in [0.717, 1.165) is 6.20 Å². The third-order valence-electron chi connectivity index (χ3n) is 2.51. The van der Waals surface area contributed by atoms with Crippen LogP contribution in [0.15, 0.2) is 17.2 Å². The van der Waals surface area contributed by atoms with Gasteiger partial charge in [-0.05, 0) is 5.92 Å². The van der Waals surface area contributed by atoms with E-state index in [1.807, 2.05) is 0 Å². The van der Waals surface area contributed by atoms with Crippen LogP contribution in [0.3, 0.4) is 0 Å². The summed E-state index contributed by atoms with van der Waals surface area (Å²) in [6.07, 6.45) is 2.18. The number of hydrogen-bond acceptors (Lipinski definition) is 4. The van der Waals surface area contributed by atoms with E-state index in [-0.39, 0.29) is 18.2 Å². The van der Waals surface area contributed by atoms with Crippen molar-refractivity contribution in [3.8, 4) is 0 Å². The van der Waals surface area contributed by atoms with Crippen LogP contribution in [0.25, 0.3) is 0 Å². The van der Waals surface area contributed by atoms with Crippen LogP contribution in [-0.4, -0.2) is 33.5 Å². The molecule has 18 heavy (non-hydrogen) atoms. The Kier molecular flexibility index (Phi) is 4.59. The molecule has 98 valence electrons. The molecule has 0 aliphatic carbocycles. The topological polar surface area (TPSA) is 112 Å². The van der Waals surface area contributed by atoms with E-state index in [1.165, 1.54) is 6.20 Å². The molecule has 0 aliphatic heterocycles. The minimum Gasteiger partial charge on any atom is -0.481 e. The molecule has 1 atom stereocenters. The summed E-state index contributed by atoms with van der Waals surface area (Å²) in [5.41, 5.74) is -0.361. The molecule has 0 spiro atoms. The first-order chi connectivity index (χ1) is 8.41. The summed E-state index contributed by atoms with van der Waals surface area (Å²) in [7, 11) is 0. The third kappa shape index (κ3) is 3.69. The van der Waals surface area contributed by atoms with Crippen molar-refractivity contribution in [3.05, 3.63) is 28.4 Å². The van der Waals surface area contributed by atoms with Crippen molar-refractivity contribution in [1.82, 2.24) is 15.3 Å². The minimum absolute atomic E-state index is 0.0205. The molecule has 0 saturated carbocycles. The molecule has 0 saturated heterocycles. The number of rotatable bonds is 5. The molecule has 7 heteroatoms. The van der Waals surface area contributed by atoms with E-state index in [2.05, 4.69) is 15.3 Å². The zero-order valence-corrected chi connectivity index (χ0v) is 10.1. The van der Waals surface area contributed by atoms with Crippen molar-refractivity contribution in [2.45, 2.75) is 13.8 Å². The lowest BCUT2D eigenvalue weighted by Crippen LogP contribution is -2.36. The van der Waals surface area contributed by atoms with Gasteiger partial charge in [0.25, 0.3) is 11.5 Å². The van der Waals surface area contributed by atoms with Crippen molar-refractivity contribution in [3.63, 3.8) is 0 Å². The van der Waals surface area contributed by atoms with Crippen molar-refractivity contribution in [1.29, 1.82) is 0 Å². The van der Waals surface area contributed by atoms with Gasteiger partial charge in [0.05, 0.1) is 12.1 Å². The monoisotopic (exact) mass is 253 g/mol. The molecule has 0 bridgehead atoms. The standard InChI is InChI=1S/C11H15N3O4/c1-6(2)7(11(17)18)3-14-10(16)8-4-13-9(15)5-12-8/h4-7H,3H2,1-2H3,(H,13,15)(H,14,16)(H,17,18). The number of aromatic amines is 1. The van der Waals surface area contributed by atoms with Crippen LogP contribution in [0.4, 0.5) is 0 Å². The summed E-state index contributed by atoms with van der Waals surface area (Å²) < 4.78 is 0. The summed E-state index contributed by atoms with van der Waals surface area (Å²) in [5.74, 6) is -2.22. The molecule has 1 rings (SSSR count). The lowest BCUT2D eigenvalue weighted by atomic mass is 9.96. The molecule has 1 heterocycles. The van der Waals surface area contributed by atoms with Gasteiger partial charge in [-0.1, -0.05) is 13.8 Å². The molecule has 1 aromatic heterocycles. The Balaban J connectivity index is 2.63.